The highest BCUT2D eigenvalue weighted by atomic mass is 16.5. The molecule has 96 valence electrons. The molecule has 1 fully saturated rings. The van der Waals surface area contributed by atoms with Gasteiger partial charge in [-0.1, -0.05) is 6.07 Å². The first-order valence-corrected chi connectivity index (χ1v) is 5.64. The van der Waals surface area contributed by atoms with Crippen molar-refractivity contribution in [3.8, 4) is 0 Å². The molecule has 0 bridgehead atoms. The van der Waals surface area contributed by atoms with Crippen molar-refractivity contribution in [2.75, 3.05) is 26.3 Å². The van der Waals surface area contributed by atoms with Crippen LogP contribution in [0, 0.1) is 0 Å². The van der Waals surface area contributed by atoms with Crippen molar-refractivity contribution in [1.29, 1.82) is 0 Å². The molecule has 0 spiro atoms. The summed E-state index contributed by atoms with van der Waals surface area (Å²) in [5.74, 6) is -1.35. The van der Waals surface area contributed by atoms with Gasteiger partial charge in [-0.25, -0.2) is 9.80 Å². The highest BCUT2D eigenvalue weighted by molar-refractivity contribution is 5.97. The van der Waals surface area contributed by atoms with Gasteiger partial charge in [-0.15, -0.1) is 0 Å². The van der Waals surface area contributed by atoms with Crippen LogP contribution in [0.4, 0.5) is 0 Å². The van der Waals surface area contributed by atoms with Gasteiger partial charge in [-0.3, -0.25) is 10.2 Å². The Morgan fingerprint density at radius 3 is 2.56 bits per heavy atom. The van der Waals surface area contributed by atoms with Crippen LogP contribution in [0.1, 0.15) is 20.7 Å². The molecule has 2 N–H and O–H groups in total. The fourth-order valence-electron chi connectivity index (χ4n) is 1.68. The third-order valence-corrected chi connectivity index (χ3v) is 2.64. The summed E-state index contributed by atoms with van der Waals surface area (Å²) in [4.78, 5) is 22.7. The number of nitrogens with one attached hydrogen (secondary N) is 1. The molecule has 0 saturated carbocycles. The van der Waals surface area contributed by atoms with Crippen LogP contribution in [0.5, 0.6) is 0 Å². The molecule has 1 heterocycles. The second-order valence-electron chi connectivity index (χ2n) is 3.93. The Bertz CT molecular complexity index is 455. The number of nitrogens with zero attached hydrogens (tertiary/aromatic N) is 1. The van der Waals surface area contributed by atoms with Crippen molar-refractivity contribution >= 4 is 11.9 Å². The van der Waals surface area contributed by atoms with Gasteiger partial charge < -0.3 is 9.84 Å². The predicted octanol–water partition coefficient (Wildman–Crippen LogP) is 0.362. The SMILES string of the molecule is O=C(O)c1cccc(C(=O)NN2CCOCC2)c1. The van der Waals surface area contributed by atoms with Crippen LogP contribution in [0.2, 0.25) is 0 Å². The van der Waals surface area contributed by atoms with Gasteiger partial charge in [0.2, 0.25) is 0 Å². The summed E-state index contributed by atoms with van der Waals surface area (Å²) in [6, 6.07) is 5.95. The van der Waals surface area contributed by atoms with Crippen LogP contribution in [0.25, 0.3) is 0 Å². The van der Waals surface area contributed by atoms with Gasteiger partial charge in [0.05, 0.1) is 18.8 Å². The Labute approximate surface area is 104 Å². The van der Waals surface area contributed by atoms with Crippen molar-refractivity contribution in [2.24, 2.45) is 0 Å². The van der Waals surface area contributed by atoms with E-state index < -0.39 is 5.97 Å². The van der Waals surface area contributed by atoms with Gasteiger partial charge in [0.25, 0.3) is 5.91 Å². The highest BCUT2D eigenvalue weighted by Crippen LogP contribution is 2.06. The number of hydrogen-bond donors (Lipinski definition) is 2. The Balaban J connectivity index is 2.03. The second kappa shape index (κ2) is 5.61. The third kappa shape index (κ3) is 3.06. The topological polar surface area (TPSA) is 78.9 Å². The first-order valence-electron chi connectivity index (χ1n) is 5.64. The summed E-state index contributed by atoms with van der Waals surface area (Å²) in [5.41, 5.74) is 3.16. The maximum atomic E-state index is 11.9. The molecule has 1 aliphatic rings. The van der Waals surface area contributed by atoms with E-state index in [1.807, 2.05) is 0 Å². The molecule has 0 unspecified atom stereocenters. The van der Waals surface area contributed by atoms with E-state index in [0.717, 1.165) is 0 Å². The maximum Gasteiger partial charge on any atom is 0.335 e. The number of carboxylic acids is 1. The van der Waals surface area contributed by atoms with Crippen molar-refractivity contribution in [3.05, 3.63) is 35.4 Å². The summed E-state index contributed by atoms with van der Waals surface area (Å²) in [7, 11) is 0. The number of ether oxygens (including phenoxy) is 1. The van der Waals surface area contributed by atoms with Gasteiger partial charge >= 0.3 is 5.97 Å². The molecule has 1 saturated heterocycles. The largest absolute Gasteiger partial charge is 0.478 e. The zero-order valence-electron chi connectivity index (χ0n) is 9.76. The first-order chi connectivity index (χ1) is 8.66. The lowest BCUT2D eigenvalue weighted by atomic mass is 10.1. The van der Waals surface area contributed by atoms with Gasteiger partial charge in [0, 0.05) is 18.7 Å². The average molecular weight is 250 g/mol. The van der Waals surface area contributed by atoms with Crippen LogP contribution >= 0.6 is 0 Å². The molecule has 6 heteroatoms. The van der Waals surface area contributed by atoms with Crippen molar-refractivity contribution < 1.29 is 19.4 Å². The first kappa shape index (κ1) is 12.5. The molecule has 1 aromatic carbocycles. The van der Waals surface area contributed by atoms with E-state index in [1.165, 1.54) is 12.1 Å². The number of hydrazine groups is 1. The summed E-state index contributed by atoms with van der Waals surface area (Å²) in [5, 5.41) is 10.6. The van der Waals surface area contributed by atoms with Crippen molar-refractivity contribution in [1.82, 2.24) is 10.4 Å². The van der Waals surface area contributed by atoms with Crippen LogP contribution < -0.4 is 5.43 Å². The fourth-order valence-corrected chi connectivity index (χ4v) is 1.68. The summed E-state index contributed by atoms with van der Waals surface area (Å²) in [6.07, 6.45) is 0. The van der Waals surface area contributed by atoms with E-state index in [1.54, 1.807) is 17.1 Å². The number of aromatic carboxylic acids is 1. The standard InChI is InChI=1S/C12H14N2O4/c15-11(13-14-4-6-18-7-5-14)9-2-1-3-10(8-9)12(16)17/h1-3,8H,4-7H2,(H,13,15)(H,16,17). The fraction of sp³-hybridized carbons (Fsp3) is 0.333. The maximum absolute atomic E-state index is 11.9. The summed E-state index contributed by atoms with van der Waals surface area (Å²) >= 11 is 0. The molecule has 6 nitrogen and oxygen atoms in total. The lowest BCUT2D eigenvalue weighted by Gasteiger charge is -2.26. The van der Waals surface area contributed by atoms with Crippen molar-refractivity contribution in [2.45, 2.75) is 0 Å². The van der Waals surface area contributed by atoms with Crippen LogP contribution in [-0.2, 0) is 4.74 Å². The Hall–Kier alpha value is -1.92. The van der Waals surface area contributed by atoms with E-state index in [9.17, 15) is 9.59 Å². The minimum Gasteiger partial charge on any atom is -0.478 e. The summed E-state index contributed by atoms with van der Waals surface area (Å²) < 4.78 is 5.17. The van der Waals surface area contributed by atoms with Gasteiger partial charge in [0.15, 0.2) is 0 Å². The zero-order chi connectivity index (χ0) is 13.0. The molecule has 0 radical (unpaired) electrons. The quantitative estimate of drug-likeness (QED) is 0.810. The Kier molecular flexibility index (Phi) is 3.91. The predicted molar refractivity (Wildman–Crippen MR) is 63.3 cm³/mol. The average Bonchev–Trinajstić information content (AvgIpc) is 2.40. The normalized spacial score (nSPS) is 16.2. The monoisotopic (exact) mass is 250 g/mol. The summed E-state index contributed by atoms with van der Waals surface area (Å²) in [6.45, 7) is 2.42. The number of carbonyl (C=O) groups is 2. The molecular formula is C12H14N2O4. The molecule has 1 aromatic rings. The number of morpholine rings is 1. The smallest absolute Gasteiger partial charge is 0.335 e. The molecule has 2 rings (SSSR count). The third-order valence-electron chi connectivity index (χ3n) is 2.64. The molecular weight excluding hydrogens is 236 g/mol. The second-order valence-corrected chi connectivity index (χ2v) is 3.93. The van der Waals surface area contributed by atoms with Crippen LogP contribution in [0.15, 0.2) is 24.3 Å². The van der Waals surface area contributed by atoms with Gasteiger partial charge in [-0.2, -0.15) is 0 Å². The molecule has 1 aliphatic heterocycles. The number of amides is 1. The van der Waals surface area contributed by atoms with E-state index in [2.05, 4.69) is 5.43 Å². The Morgan fingerprint density at radius 2 is 1.89 bits per heavy atom. The zero-order valence-corrected chi connectivity index (χ0v) is 9.76. The Morgan fingerprint density at radius 1 is 1.22 bits per heavy atom. The molecule has 18 heavy (non-hydrogen) atoms. The van der Waals surface area contributed by atoms with Gasteiger partial charge in [0.1, 0.15) is 0 Å². The van der Waals surface area contributed by atoms with Crippen LogP contribution in [0.3, 0.4) is 0 Å². The minimum atomic E-state index is -1.05. The van der Waals surface area contributed by atoms with E-state index in [-0.39, 0.29) is 11.5 Å². The molecule has 1 amide bonds. The molecule has 0 aromatic heterocycles. The lowest BCUT2D eigenvalue weighted by Crippen LogP contribution is -2.48. The number of hydrogen-bond acceptors (Lipinski definition) is 4. The molecule has 0 aliphatic carbocycles. The lowest BCUT2D eigenvalue weighted by molar-refractivity contribution is 0.0126. The number of carbonyl (C=O) groups excluding carboxylic acids is 1. The number of benzene rings is 1. The van der Waals surface area contributed by atoms with Crippen LogP contribution in [-0.4, -0.2) is 48.3 Å². The number of rotatable bonds is 3. The van der Waals surface area contributed by atoms with Crippen molar-refractivity contribution in [3.63, 3.8) is 0 Å². The number of carboxylic acid groups (broad SMARTS) is 1. The van der Waals surface area contributed by atoms with Gasteiger partial charge in [-0.05, 0) is 18.2 Å². The van der Waals surface area contributed by atoms with E-state index >= 15 is 0 Å². The highest BCUT2D eigenvalue weighted by Gasteiger charge is 2.15. The van der Waals surface area contributed by atoms with E-state index in [0.29, 0.717) is 31.9 Å². The minimum absolute atomic E-state index is 0.102. The molecule has 0 atom stereocenters. The van der Waals surface area contributed by atoms with E-state index in [4.69, 9.17) is 9.84 Å².